The van der Waals surface area contributed by atoms with E-state index in [-0.39, 0.29) is 12.1 Å². The summed E-state index contributed by atoms with van der Waals surface area (Å²) in [6.45, 7) is 12.8. The standard InChI is InChI=1S/C19H36N2O2/c1-13-12-19(5,6)11-10-14(13)20-15-8-7-9-16(15)21-17(22)23-18(2,3)4/h13-16,20H,7-12H2,1-6H3,(H,21,22). The number of nitrogens with one attached hydrogen (secondary N) is 2. The van der Waals surface area contributed by atoms with Gasteiger partial charge in [0.05, 0.1) is 0 Å². The van der Waals surface area contributed by atoms with Gasteiger partial charge in [-0.2, -0.15) is 0 Å². The highest BCUT2D eigenvalue weighted by Gasteiger charge is 2.36. The minimum Gasteiger partial charge on any atom is -0.444 e. The highest BCUT2D eigenvalue weighted by molar-refractivity contribution is 5.68. The van der Waals surface area contributed by atoms with Gasteiger partial charge in [-0.25, -0.2) is 4.79 Å². The third-order valence-corrected chi connectivity index (χ3v) is 5.34. The van der Waals surface area contributed by atoms with Gasteiger partial charge in [0.2, 0.25) is 0 Å². The summed E-state index contributed by atoms with van der Waals surface area (Å²) < 4.78 is 5.41. The van der Waals surface area contributed by atoms with Gasteiger partial charge in [-0.05, 0) is 70.6 Å². The SMILES string of the molecule is CC1CC(C)(C)CCC1NC1CCCC1NC(=O)OC(C)(C)C. The Morgan fingerprint density at radius 1 is 1.09 bits per heavy atom. The molecule has 1 amide bonds. The number of hydrogen-bond donors (Lipinski definition) is 2. The fraction of sp³-hybridized carbons (Fsp3) is 0.947. The summed E-state index contributed by atoms with van der Waals surface area (Å²) in [5.41, 5.74) is 0.0382. The number of carbonyl (C=O) groups excluding carboxylic acids is 1. The van der Waals surface area contributed by atoms with Gasteiger partial charge in [-0.1, -0.05) is 20.8 Å². The van der Waals surface area contributed by atoms with Gasteiger partial charge in [-0.15, -0.1) is 0 Å². The van der Waals surface area contributed by atoms with E-state index in [4.69, 9.17) is 4.74 Å². The Hall–Kier alpha value is -0.770. The van der Waals surface area contributed by atoms with Gasteiger partial charge in [-0.3, -0.25) is 0 Å². The largest absolute Gasteiger partial charge is 0.444 e. The van der Waals surface area contributed by atoms with E-state index in [0.717, 1.165) is 12.8 Å². The molecule has 4 atom stereocenters. The molecular weight excluding hydrogens is 288 g/mol. The van der Waals surface area contributed by atoms with Gasteiger partial charge in [0.15, 0.2) is 0 Å². The van der Waals surface area contributed by atoms with Crippen molar-refractivity contribution in [2.75, 3.05) is 0 Å². The van der Waals surface area contributed by atoms with Crippen molar-refractivity contribution < 1.29 is 9.53 Å². The van der Waals surface area contributed by atoms with Gasteiger partial charge in [0, 0.05) is 18.1 Å². The van der Waals surface area contributed by atoms with Crippen LogP contribution < -0.4 is 10.6 Å². The molecule has 2 aliphatic rings. The molecule has 4 heteroatoms. The summed E-state index contributed by atoms with van der Waals surface area (Å²) >= 11 is 0. The van der Waals surface area contributed by atoms with Crippen LogP contribution in [0.2, 0.25) is 0 Å². The molecular formula is C19H36N2O2. The second kappa shape index (κ2) is 7.00. The van der Waals surface area contributed by atoms with Crippen molar-refractivity contribution in [3.63, 3.8) is 0 Å². The number of ether oxygens (including phenoxy) is 1. The van der Waals surface area contributed by atoms with Gasteiger partial charge in [0.1, 0.15) is 5.60 Å². The summed E-state index contributed by atoms with van der Waals surface area (Å²) in [6.07, 6.45) is 6.88. The predicted molar refractivity (Wildman–Crippen MR) is 94.5 cm³/mol. The number of alkyl carbamates (subject to hydrolysis) is 1. The molecule has 0 aromatic carbocycles. The smallest absolute Gasteiger partial charge is 0.407 e. The van der Waals surface area contributed by atoms with E-state index in [1.807, 2.05) is 20.8 Å². The molecule has 0 spiro atoms. The minimum absolute atomic E-state index is 0.201. The molecule has 2 fully saturated rings. The summed E-state index contributed by atoms with van der Waals surface area (Å²) in [5.74, 6) is 0.696. The molecule has 0 radical (unpaired) electrons. The van der Waals surface area contributed by atoms with Crippen LogP contribution in [-0.2, 0) is 4.74 Å². The van der Waals surface area contributed by atoms with Crippen molar-refractivity contribution in [3.05, 3.63) is 0 Å². The third-order valence-electron chi connectivity index (χ3n) is 5.34. The molecule has 2 aliphatic carbocycles. The molecule has 2 rings (SSSR count). The summed E-state index contributed by atoms with van der Waals surface area (Å²) in [4.78, 5) is 12.0. The van der Waals surface area contributed by atoms with Crippen LogP contribution in [0.3, 0.4) is 0 Å². The Kier molecular flexibility index (Phi) is 5.65. The average molecular weight is 325 g/mol. The first-order chi connectivity index (χ1) is 10.6. The average Bonchev–Trinajstić information content (AvgIpc) is 2.77. The number of amides is 1. The number of hydrogen-bond acceptors (Lipinski definition) is 3. The van der Waals surface area contributed by atoms with E-state index >= 15 is 0 Å². The van der Waals surface area contributed by atoms with Gasteiger partial charge < -0.3 is 15.4 Å². The first kappa shape index (κ1) is 18.6. The quantitative estimate of drug-likeness (QED) is 0.816. The molecule has 2 N–H and O–H groups in total. The second-order valence-corrected chi connectivity index (χ2v) is 9.45. The Bertz CT molecular complexity index is 414. The van der Waals surface area contributed by atoms with Gasteiger partial charge in [0.25, 0.3) is 0 Å². The second-order valence-electron chi connectivity index (χ2n) is 9.45. The third kappa shape index (κ3) is 5.66. The molecule has 0 aromatic rings. The van der Waals surface area contributed by atoms with Crippen molar-refractivity contribution in [2.45, 2.75) is 104 Å². The molecule has 2 saturated carbocycles. The van der Waals surface area contributed by atoms with Crippen LogP contribution in [0, 0.1) is 11.3 Å². The fourth-order valence-electron chi connectivity index (χ4n) is 4.26. The van der Waals surface area contributed by atoms with Crippen LogP contribution in [0.1, 0.15) is 80.1 Å². The highest BCUT2D eigenvalue weighted by atomic mass is 16.6. The Balaban J connectivity index is 1.86. The Morgan fingerprint density at radius 2 is 1.74 bits per heavy atom. The van der Waals surface area contributed by atoms with Crippen LogP contribution in [0.25, 0.3) is 0 Å². The zero-order valence-electron chi connectivity index (χ0n) is 15.9. The Morgan fingerprint density at radius 3 is 2.35 bits per heavy atom. The number of carbonyl (C=O) groups is 1. The molecule has 134 valence electrons. The zero-order valence-corrected chi connectivity index (χ0v) is 15.9. The summed E-state index contributed by atoms with van der Waals surface area (Å²) in [6, 6.07) is 1.16. The zero-order chi connectivity index (χ0) is 17.3. The van der Waals surface area contributed by atoms with Crippen LogP contribution >= 0.6 is 0 Å². The van der Waals surface area contributed by atoms with E-state index in [0.29, 0.717) is 23.4 Å². The summed E-state index contributed by atoms with van der Waals surface area (Å²) in [7, 11) is 0. The van der Waals surface area contributed by atoms with Crippen LogP contribution in [-0.4, -0.2) is 29.8 Å². The molecule has 0 saturated heterocycles. The topological polar surface area (TPSA) is 50.4 Å². The molecule has 4 unspecified atom stereocenters. The van der Waals surface area contributed by atoms with E-state index in [2.05, 4.69) is 31.4 Å². The first-order valence-electron chi connectivity index (χ1n) is 9.31. The molecule has 4 nitrogen and oxygen atoms in total. The van der Waals surface area contributed by atoms with Crippen molar-refractivity contribution in [1.29, 1.82) is 0 Å². The maximum Gasteiger partial charge on any atom is 0.407 e. The van der Waals surface area contributed by atoms with Crippen molar-refractivity contribution in [3.8, 4) is 0 Å². The van der Waals surface area contributed by atoms with Crippen LogP contribution in [0.4, 0.5) is 4.79 Å². The molecule has 0 aliphatic heterocycles. The van der Waals surface area contributed by atoms with E-state index in [1.165, 1.54) is 25.7 Å². The summed E-state index contributed by atoms with van der Waals surface area (Å²) in [5, 5.41) is 6.94. The van der Waals surface area contributed by atoms with Crippen molar-refractivity contribution in [2.24, 2.45) is 11.3 Å². The lowest BCUT2D eigenvalue weighted by molar-refractivity contribution is 0.0493. The van der Waals surface area contributed by atoms with Crippen LogP contribution in [0.15, 0.2) is 0 Å². The van der Waals surface area contributed by atoms with Crippen LogP contribution in [0.5, 0.6) is 0 Å². The maximum atomic E-state index is 12.0. The minimum atomic E-state index is -0.435. The molecule has 23 heavy (non-hydrogen) atoms. The first-order valence-corrected chi connectivity index (χ1v) is 9.31. The fourth-order valence-corrected chi connectivity index (χ4v) is 4.26. The van der Waals surface area contributed by atoms with E-state index < -0.39 is 5.60 Å². The molecule has 0 heterocycles. The lowest BCUT2D eigenvalue weighted by Crippen LogP contribution is -2.53. The van der Waals surface area contributed by atoms with E-state index in [1.54, 1.807) is 0 Å². The lowest BCUT2D eigenvalue weighted by atomic mass is 9.70. The van der Waals surface area contributed by atoms with Crippen molar-refractivity contribution >= 4 is 6.09 Å². The Labute approximate surface area is 142 Å². The lowest BCUT2D eigenvalue weighted by Gasteiger charge is -2.41. The van der Waals surface area contributed by atoms with Crippen molar-refractivity contribution in [1.82, 2.24) is 10.6 Å². The number of rotatable bonds is 3. The monoisotopic (exact) mass is 324 g/mol. The molecule has 0 bridgehead atoms. The highest BCUT2D eigenvalue weighted by Crippen LogP contribution is 2.39. The normalized spacial score (nSPS) is 34.2. The maximum absolute atomic E-state index is 12.0. The van der Waals surface area contributed by atoms with E-state index in [9.17, 15) is 4.79 Å². The molecule has 0 aromatic heterocycles. The predicted octanol–water partition coefficient (Wildman–Crippen LogP) is 4.24. The van der Waals surface area contributed by atoms with Gasteiger partial charge >= 0.3 is 6.09 Å².